The van der Waals surface area contributed by atoms with E-state index < -0.39 is 16.1 Å². The Balaban J connectivity index is 1.88. The minimum absolute atomic E-state index is 0.170. The molecule has 1 unspecified atom stereocenters. The average Bonchev–Trinajstić information content (AvgIpc) is 3.02. The van der Waals surface area contributed by atoms with Gasteiger partial charge in [0.2, 0.25) is 10.0 Å². The Morgan fingerprint density at radius 3 is 2.91 bits per heavy atom. The van der Waals surface area contributed by atoms with Crippen LogP contribution >= 0.6 is 0 Å². The number of nitrogens with one attached hydrogen (secondary N) is 1. The fourth-order valence-corrected chi connectivity index (χ4v) is 4.29. The van der Waals surface area contributed by atoms with Gasteiger partial charge in [-0.2, -0.15) is 5.10 Å². The number of furan rings is 1. The summed E-state index contributed by atoms with van der Waals surface area (Å²) in [6.45, 7) is 4.40. The van der Waals surface area contributed by atoms with Gasteiger partial charge in [0.1, 0.15) is 28.8 Å². The molecule has 8 nitrogen and oxygen atoms in total. The molecule has 0 fully saturated rings. The lowest BCUT2D eigenvalue weighted by atomic mass is 10.1. The molecule has 1 aliphatic heterocycles. The molecule has 3 rings (SSSR count). The molecular formula is C14H20N4O4S. The quantitative estimate of drug-likeness (QED) is 0.884. The molecule has 2 aromatic heterocycles. The number of ether oxygens (including phenoxy) is 1. The standard InChI is InChI=1S/C14H20N4O4S/c1-9-7-12(10(2)22-9)23(19,20)17-11-5-4-6-18-14(11)15-13(16-18)8-21-3/h7,11,17H,4-6,8H2,1-3H3. The Bertz CT molecular complexity index is 809. The maximum Gasteiger partial charge on any atom is 0.244 e. The van der Waals surface area contributed by atoms with E-state index in [2.05, 4.69) is 14.8 Å². The van der Waals surface area contributed by atoms with Crippen LogP contribution < -0.4 is 4.72 Å². The molecule has 0 amide bonds. The van der Waals surface area contributed by atoms with Crippen molar-refractivity contribution in [3.05, 3.63) is 29.2 Å². The smallest absolute Gasteiger partial charge is 0.244 e. The van der Waals surface area contributed by atoms with E-state index in [-0.39, 0.29) is 4.90 Å². The minimum atomic E-state index is -3.67. The number of fused-ring (bicyclic) bond motifs is 1. The van der Waals surface area contributed by atoms with Gasteiger partial charge in [0, 0.05) is 13.7 Å². The molecule has 0 saturated heterocycles. The van der Waals surface area contributed by atoms with Crippen molar-refractivity contribution in [3.63, 3.8) is 0 Å². The molecule has 23 heavy (non-hydrogen) atoms. The van der Waals surface area contributed by atoms with Gasteiger partial charge in [-0.15, -0.1) is 0 Å². The maximum absolute atomic E-state index is 12.6. The fourth-order valence-electron chi connectivity index (χ4n) is 2.83. The third kappa shape index (κ3) is 3.17. The molecule has 3 heterocycles. The summed E-state index contributed by atoms with van der Waals surface area (Å²) in [4.78, 5) is 4.57. The molecule has 1 atom stereocenters. The molecule has 0 radical (unpaired) electrons. The number of aromatic nitrogens is 3. The van der Waals surface area contributed by atoms with E-state index in [4.69, 9.17) is 9.15 Å². The Kier molecular flexibility index (Phi) is 4.26. The topological polar surface area (TPSA) is 99.2 Å². The number of methoxy groups -OCH3 is 1. The molecule has 0 aromatic carbocycles. The van der Waals surface area contributed by atoms with Crippen LogP contribution in [-0.2, 0) is 27.9 Å². The van der Waals surface area contributed by atoms with Gasteiger partial charge in [-0.1, -0.05) is 0 Å². The molecular weight excluding hydrogens is 320 g/mol. The second kappa shape index (κ2) is 6.06. The highest BCUT2D eigenvalue weighted by atomic mass is 32.2. The van der Waals surface area contributed by atoms with Crippen molar-refractivity contribution < 1.29 is 17.6 Å². The number of aryl methyl sites for hydroxylation is 3. The van der Waals surface area contributed by atoms with E-state index in [1.165, 1.54) is 6.07 Å². The van der Waals surface area contributed by atoms with E-state index in [0.29, 0.717) is 36.2 Å². The predicted molar refractivity (Wildman–Crippen MR) is 81.2 cm³/mol. The summed E-state index contributed by atoms with van der Waals surface area (Å²) in [6.07, 6.45) is 1.51. The van der Waals surface area contributed by atoms with Crippen molar-refractivity contribution >= 4 is 10.0 Å². The van der Waals surface area contributed by atoms with Crippen LogP contribution in [0.1, 0.15) is 42.1 Å². The normalized spacial score (nSPS) is 18.1. The zero-order valence-electron chi connectivity index (χ0n) is 13.4. The van der Waals surface area contributed by atoms with Gasteiger partial charge in [-0.3, -0.25) is 0 Å². The second-order valence-electron chi connectivity index (χ2n) is 5.64. The maximum atomic E-state index is 12.6. The molecule has 9 heteroatoms. The van der Waals surface area contributed by atoms with Gasteiger partial charge < -0.3 is 9.15 Å². The number of hydrogen-bond acceptors (Lipinski definition) is 6. The molecule has 2 aromatic rings. The van der Waals surface area contributed by atoms with E-state index in [1.807, 2.05) is 0 Å². The van der Waals surface area contributed by atoms with Gasteiger partial charge >= 0.3 is 0 Å². The van der Waals surface area contributed by atoms with Gasteiger partial charge in [0.15, 0.2) is 5.82 Å². The monoisotopic (exact) mass is 340 g/mol. The Labute approximate surface area is 134 Å². The molecule has 0 bridgehead atoms. The average molecular weight is 340 g/mol. The van der Waals surface area contributed by atoms with Crippen LogP contribution in [-0.4, -0.2) is 30.3 Å². The van der Waals surface area contributed by atoms with Gasteiger partial charge in [0.25, 0.3) is 0 Å². The summed E-state index contributed by atoms with van der Waals surface area (Å²) in [5, 5.41) is 4.34. The van der Waals surface area contributed by atoms with Crippen LogP contribution in [0.4, 0.5) is 0 Å². The van der Waals surface area contributed by atoms with E-state index >= 15 is 0 Å². The SMILES string of the molecule is COCc1nc2n(n1)CCCC2NS(=O)(=O)c1cc(C)oc1C. The van der Waals surface area contributed by atoms with Crippen molar-refractivity contribution in [1.29, 1.82) is 0 Å². The zero-order chi connectivity index (χ0) is 16.6. The van der Waals surface area contributed by atoms with E-state index in [9.17, 15) is 8.42 Å². The van der Waals surface area contributed by atoms with Crippen LogP contribution in [0, 0.1) is 13.8 Å². The van der Waals surface area contributed by atoms with Crippen LogP contribution in [0.3, 0.4) is 0 Å². The summed E-state index contributed by atoms with van der Waals surface area (Å²) in [7, 11) is -2.10. The second-order valence-corrected chi connectivity index (χ2v) is 7.32. The zero-order valence-corrected chi connectivity index (χ0v) is 14.2. The summed E-state index contributed by atoms with van der Waals surface area (Å²) in [5.74, 6) is 2.14. The van der Waals surface area contributed by atoms with Crippen molar-refractivity contribution in [2.24, 2.45) is 0 Å². The summed E-state index contributed by atoms with van der Waals surface area (Å²) >= 11 is 0. The molecule has 1 aliphatic rings. The largest absolute Gasteiger partial charge is 0.465 e. The first-order valence-electron chi connectivity index (χ1n) is 7.42. The molecule has 0 spiro atoms. The van der Waals surface area contributed by atoms with Crippen LogP contribution in [0.15, 0.2) is 15.4 Å². The van der Waals surface area contributed by atoms with Gasteiger partial charge in [-0.05, 0) is 32.8 Å². The first-order chi connectivity index (χ1) is 10.9. The lowest BCUT2D eigenvalue weighted by Crippen LogP contribution is -2.33. The summed E-state index contributed by atoms with van der Waals surface area (Å²) in [6, 6.07) is 1.13. The lowest BCUT2D eigenvalue weighted by molar-refractivity contribution is 0.177. The van der Waals surface area contributed by atoms with E-state index in [1.54, 1.807) is 25.6 Å². The van der Waals surface area contributed by atoms with Crippen molar-refractivity contribution in [3.8, 4) is 0 Å². The van der Waals surface area contributed by atoms with Gasteiger partial charge in [0.05, 0.1) is 6.04 Å². The van der Waals surface area contributed by atoms with Gasteiger partial charge in [-0.25, -0.2) is 22.8 Å². The van der Waals surface area contributed by atoms with Crippen LogP contribution in [0.2, 0.25) is 0 Å². The van der Waals surface area contributed by atoms with Crippen molar-refractivity contribution in [2.75, 3.05) is 7.11 Å². The first kappa shape index (κ1) is 16.2. The Morgan fingerprint density at radius 2 is 2.26 bits per heavy atom. The third-order valence-electron chi connectivity index (χ3n) is 3.77. The Hall–Kier alpha value is -1.71. The third-order valence-corrected chi connectivity index (χ3v) is 5.35. The Morgan fingerprint density at radius 1 is 1.48 bits per heavy atom. The lowest BCUT2D eigenvalue weighted by Gasteiger charge is -2.22. The number of sulfonamides is 1. The summed E-state index contributed by atoms with van der Waals surface area (Å²) < 4.78 is 40.1. The molecule has 0 saturated carbocycles. The number of hydrogen-bond donors (Lipinski definition) is 1. The number of rotatable bonds is 5. The first-order valence-corrected chi connectivity index (χ1v) is 8.91. The highest BCUT2D eigenvalue weighted by Crippen LogP contribution is 2.27. The van der Waals surface area contributed by atoms with E-state index in [0.717, 1.165) is 13.0 Å². The van der Waals surface area contributed by atoms with Crippen molar-refractivity contribution in [1.82, 2.24) is 19.5 Å². The fraction of sp³-hybridized carbons (Fsp3) is 0.571. The predicted octanol–water partition coefficient (Wildman–Crippen LogP) is 1.45. The molecule has 1 N–H and O–H groups in total. The van der Waals surface area contributed by atoms with Crippen LogP contribution in [0.5, 0.6) is 0 Å². The van der Waals surface area contributed by atoms with Crippen LogP contribution in [0.25, 0.3) is 0 Å². The number of nitrogens with zero attached hydrogens (tertiary/aromatic N) is 3. The molecule has 126 valence electrons. The minimum Gasteiger partial charge on any atom is -0.465 e. The highest BCUT2D eigenvalue weighted by molar-refractivity contribution is 7.89. The molecule has 0 aliphatic carbocycles. The summed E-state index contributed by atoms with van der Waals surface area (Å²) in [5.41, 5.74) is 0. The highest BCUT2D eigenvalue weighted by Gasteiger charge is 2.30. The van der Waals surface area contributed by atoms with Crippen molar-refractivity contribution in [2.45, 2.75) is 50.8 Å².